The van der Waals surface area contributed by atoms with Crippen LogP contribution in [0.1, 0.15) is 72.1 Å². The van der Waals surface area contributed by atoms with E-state index in [1.807, 2.05) is 30.6 Å². The van der Waals surface area contributed by atoms with Gasteiger partial charge in [-0.3, -0.25) is 4.98 Å². The predicted octanol–water partition coefficient (Wildman–Crippen LogP) is 6.02. The summed E-state index contributed by atoms with van der Waals surface area (Å²) in [4.78, 5) is 8.88. The molecule has 2 heterocycles. The molecule has 4 nitrogen and oxygen atoms in total. The fraction of sp³-hybridized carbons (Fsp3) is 0.583. The Bertz CT molecular complexity index is 724. The number of nitrogens with zero attached hydrogens (tertiary/aromatic N) is 2. The quantitative estimate of drug-likeness (QED) is 0.502. The van der Waals surface area contributed by atoms with Gasteiger partial charge < -0.3 is 9.47 Å². The van der Waals surface area contributed by atoms with Crippen LogP contribution >= 0.6 is 0 Å². The number of pyridine rings is 2. The molecule has 2 rings (SSSR count). The average Bonchev–Trinajstić information content (AvgIpc) is 2.65. The molecule has 0 amide bonds. The molecule has 0 saturated heterocycles. The summed E-state index contributed by atoms with van der Waals surface area (Å²) in [6, 6.07) is 8.09. The molecule has 0 saturated carbocycles. The van der Waals surface area contributed by atoms with Crippen LogP contribution in [0.25, 0.3) is 0 Å². The monoisotopic (exact) mass is 384 g/mol. The Hall–Kier alpha value is -2.10. The molecule has 154 valence electrons. The van der Waals surface area contributed by atoms with Crippen LogP contribution in [0.2, 0.25) is 0 Å². The zero-order chi connectivity index (χ0) is 20.7. The molecule has 0 fully saturated rings. The fourth-order valence-electron chi connectivity index (χ4n) is 3.24. The van der Waals surface area contributed by atoms with Crippen molar-refractivity contribution in [2.75, 3.05) is 13.2 Å². The van der Waals surface area contributed by atoms with Gasteiger partial charge in [0.1, 0.15) is 5.75 Å². The molecule has 0 aliphatic carbocycles. The highest BCUT2D eigenvalue weighted by atomic mass is 16.5. The Kier molecular flexibility index (Phi) is 7.85. The van der Waals surface area contributed by atoms with Crippen molar-refractivity contribution >= 4 is 0 Å². The summed E-state index contributed by atoms with van der Waals surface area (Å²) >= 11 is 0. The van der Waals surface area contributed by atoms with Gasteiger partial charge in [-0.25, -0.2) is 4.98 Å². The molecule has 0 aromatic carbocycles. The summed E-state index contributed by atoms with van der Waals surface area (Å²) in [5, 5.41) is 0. The average molecular weight is 385 g/mol. The maximum atomic E-state index is 6.04. The van der Waals surface area contributed by atoms with E-state index in [0.717, 1.165) is 17.9 Å². The number of hydrogen-bond acceptors (Lipinski definition) is 4. The molecule has 2 aromatic rings. The van der Waals surface area contributed by atoms with Gasteiger partial charge in [-0.15, -0.1) is 0 Å². The van der Waals surface area contributed by atoms with E-state index in [2.05, 4.69) is 64.5 Å². The first kappa shape index (κ1) is 22.2. The van der Waals surface area contributed by atoms with Gasteiger partial charge in [0.2, 0.25) is 5.88 Å². The molecular weight excluding hydrogens is 348 g/mol. The van der Waals surface area contributed by atoms with E-state index in [0.29, 0.717) is 36.8 Å². The molecule has 1 atom stereocenters. The van der Waals surface area contributed by atoms with Crippen LogP contribution in [0.4, 0.5) is 0 Å². The molecule has 0 aliphatic rings. The van der Waals surface area contributed by atoms with Crippen molar-refractivity contribution in [1.82, 2.24) is 9.97 Å². The van der Waals surface area contributed by atoms with E-state index >= 15 is 0 Å². The summed E-state index contributed by atoms with van der Waals surface area (Å²) in [5.74, 6) is 2.91. The topological polar surface area (TPSA) is 44.2 Å². The number of aromatic nitrogens is 2. The van der Waals surface area contributed by atoms with E-state index in [1.54, 1.807) is 0 Å². The molecule has 2 aromatic heterocycles. The fourth-order valence-corrected chi connectivity index (χ4v) is 3.24. The molecule has 1 unspecified atom stereocenters. The third-order valence-corrected chi connectivity index (χ3v) is 4.82. The van der Waals surface area contributed by atoms with Crippen LogP contribution in [0.3, 0.4) is 0 Å². The van der Waals surface area contributed by atoms with E-state index in [-0.39, 0.29) is 5.41 Å². The molecule has 0 N–H and O–H groups in total. The second kappa shape index (κ2) is 9.90. The van der Waals surface area contributed by atoms with Crippen molar-refractivity contribution in [3.8, 4) is 11.6 Å². The Morgan fingerprint density at radius 2 is 1.68 bits per heavy atom. The van der Waals surface area contributed by atoms with Gasteiger partial charge >= 0.3 is 0 Å². The first-order valence-electron chi connectivity index (χ1n) is 10.4. The van der Waals surface area contributed by atoms with Gasteiger partial charge in [-0.05, 0) is 41.2 Å². The van der Waals surface area contributed by atoms with Crippen LogP contribution < -0.4 is 9.47 Å². The lowest BCUT2D eigenvalue weighted by molar-refractivity contribution is 0.227. The van der Waals surface area contributed by atoms with Crippen molar-refractivity contribution in [2.24, 2.45) is 11.8 Å². The molecule has 0 aliphatic heterocycles. The highest BCUT2D eigenvalue weighted by molar-refractivity contribution is 5.25. The lowest BCUT2D eigenvalue weighted by Gasteiger charge is -2.28. The zero-order valence-corrected chi connectivity index (χ0v) is 18.5. The van der Waals surface area contributed by atoms with Gasteiger partial charge in [0.15, 0.2) is 0 Å². The third-order valence-electron chi connectivity index (χ3n) is 4.82. The Balaban J connectivity index is 1.91. The minimum Gasteiger partial charge on any atom is -0.493 e. The van der Waals surface area contributed by atoms with Gasteiger partial charge in [0, 0.05) is 30.2 Å². The number of rotatable bonds is 10. The highest BCUT2D eigenvalue weighted by Crippen LogP contribution is 2.31. The third kappa shape index (κ3) is 6.81. The summed E-state index contributed by atoms with van der Waals surface area (Å²) in [7, 11) is 0. The molecule has 0 spiro atoms. The van der Waals surface area contributed by atoms with E-state index in [1.165, 1.54) is 5.56 Å². The molecule has 28 heavy (non-hydrogen) atoms. The Labute approximate surface area is 170 Å². The van der Waals surface area contributed by atoms with Crippen molar-refractivity contribution in [3.63, 3.8) is 0 Å². The van der Waals surface area contributed by atoms with Crippen LogP contribution in [0, 0.1) is 11.8 Å². The van der Waals surface area contributed by atoms with E-state index in [9.17, 15) is 0 Å². The maximum absolute atomic E-state index is 6.04. The molecule has 0 radical (unpaired) electrons. The maximum Gasteiger partial charge on any atom is 0.213 e. The van der Waals surface area contributed by atoms with Gasteiger partial charge in [0.25, 0.3) is 0 Å². The lowest BCUT2D eigenvalue weighted by Crippen LogP contribution is -2.24. The van der Waals surface area contributed by atoms with Gasteiger partial charge in [0.05, 0.1) is 13.2 Å². The summed E-state index contributed by atoms with van der Waals surface area (Å²) in [6.45, 7) is 16.7. The van der Waals surface area contributed by atoms with Gasteiger partial charge in [-0.1, -0.05) is 54.5 Å². The van der Waals surface area contributed by atoms with E-state index < -0.39 is 0 Å². The molecular formula is C24H36N2O2. The van der Waals surface area contributed by atoms with Gasteiger partial charge in [-0.2, -0.15) is 0 Å². The van der Waals surface area contributed by atoms with Crippen molar-refractivity contribution in [3.05, 3.63) is 47.9 Å². The zero-order valence-electron chi connectivity index (χ0n) is 18.5. The smallest absolute Gasteiger partial charge is 0.213 e. The van der Waals surface area contributed by atoms with Crippen molar-refractivity contribution in [1.29, 1.82) is 0 Å². The highest BCUT2D eigenvalue weighted by Gasteiger charge is 2.24. The SMILES string of the molecule is CC(C)COc1ccc(C(C)(C)CC(C)COc2ccnc(C(C)C)c2)cn1. The normalized spacial score (nSPS) is 13.0. The largest absolute Gasteiger partial charge is 0.493 e. The van der Waals surface area contributed by atoms with Crippen LogP contribution in [-0.4, -0.2) is 23.2 Å². The minimum absolute atomic E-state index is 0.0215. The minimum atomic E-state index is 0.0215. The van der Waals surface area contributed by atoms with Crippen LogP contribution in [0.15, 0.2) is 36.7 Å². The summed E-state index contributed by atoms with van der Waals surface area (Å²) < 4.78 is 11.7. The Morgan fingerprint density at radius 3 is 2.29 bits per heavy atom. The lowest BCUT2D eigenvalue weighted by atomic mass is 9.78. The van der Waals surface area contributed by atoms with E-state index in [4.69, 9.17) is 9.47 Å². The first-order chi connectivity index (χ1) is 13.2. The van der Waals surface area contributed by atoms with Crippen LogP contribution in [-0.2, 0) is 5.41 Å². The standard InChI is InChI=1S/C24H36N2O2/c1-17(2)15-28-23-9-8-20(14-26-23)24(6,7)13-19(5)16-27-21-10-11-25-22(12-21)18(3)4/h8-12,14,17-19H,13,15-16H2,1-7H3. The second-order valence-electron chi connectivity index (χ2n) is 9.17. The number of hydrogen-bond donors (Lipinski definition) is 0. The van der Waals surface area contributed by atoms with Crippen LogP contribution in [0.5, 0.6) is 11.6 Å². The summed E-state index contributed by atoms with van der Waals surface area (Å²) in [6.07, 6.45) is 4.79. The molecule has 0 bridgehead atoms. The number of ether oxygens (including phenoxy) is 2. The van der Waals surface area contributed by atoms with Crippen molar-refractivity contribution < 1.29 is 9.47 Å². The van der Waals surface area contributed by atoms with Crippen molar-refractivity contribution in [2.45, 2.75) is 66.2 Å². The molecule has 4 heteroatoms. The summed E-state index contributed by atoms with van der Waals surface area (Å²) in [5.41, 5.74) is 2.31. The first-order valence-corrected chi connectivity index (χ1v) is 10.4. The Morgan fingerprint density at radius 1 is 0.929 bits per heavy atom. The predicted molar refractivity (Wildman–Crippen MR) is 115 cm³/mol. The second-order valence-corrected chi connectivity index (χ2v) is 9.17.